The summed E-state index contributed by atoms with van der Waals surface area (Å²) in [4.78, 5) is 12.3. The number of carbonyl (C=O) groups is 1. The molecule has 0 aliphatic carbocycles. The van der Waals surface area contributed by atoms with Crippen LogP contribution in [0.25, 0.3) is 0 Å². The summed E-state index contributed by atoms with van der Waals surface area (Å²) in [5.74, 6) is -0.148. The third-order valence-electron chi connectivity index (χ3n) is 3.35. The third kappa shape index (κ3) is 3.72. The van der Waals surface area contributed by atoms with E-state index in [0.29, 0.717) is 12.1 Å². The van der Waals surface area contributed by atoms with Crippen LogP contribution >= 0.6 is 0 Å². The predicted octanol–water partition coefficient (Wildman–Crippen LogP) is 1.83. The summed E-state index contributed by atoms with van der Waals surface area (Å²) >= 11 is 0. The topological polar surface area (TPSA) is 75.3 Å². The smallest absolute Gasteiger partial charge is 0.251 e. The molecule has 0 spiro atoms. The van der Waals surface area contributed by atoms with Gasteiger partial charge < -0.3 is 5.32 Å². The normalized spacial score (nSPS) is 11.2. The molecule has 0 saturated heterocycles. The quantitative estimate of drug-likeness (QED) is 0.883. The lowest BCUT2D eigenvalue weighted by molar-refractivity contribution is 0.0950. The lowest BCUT2D eigenvalue weighted by Crippen LogP contribution is -2.23. The Morgan fingerprint density at radius 3 is 2.27 bits per heavy atom. The average Bonchev–Trinajstić information content (AvgIpc) is 2.53. The standard InChI is InChI=1S/C16H18N2O3S/c1-12-5-3-4-6-15(12)16(19)18-11-13-7-9-14(10-8-13)22(20,21)17-2/h3-10,17H,11H2,1-2H3,(H,18,19). The summed E-state index contributed by atoms with van der Waals surface area (Å²) in [6.45, 7) is 2.22. The van der Waals surface area contributed by atoms with Crippen LogP contribution in [0.3, 0.4) is 0 Å². The first-order valence-corrected chi connectivity index (χ1v) is 8.28. The van der Waals surface area contributed by atoms with Crippen LogP contribution in [0.1, 0.15) is 21.5 Å². The molecular weight excluding hydrogens is 300 g/mol. The van der Waals surface area contributed by atoms with Gasteiger partial charge in [0.15, 0.2) is 0 Å². The van der Waals surface area contributed by atoms with Gasteiger partial charge in [-0.15, -0.1) is 0 Å². The van der Waals surface area contributed by atoms with Gasteiger partial charge in [-0.25, -0.2) is 13.1 Å². The molecule has 6 heteroatoms. The van der Waals surface area contributed by atoms with Crippen molar-refractivity contribution in [2.75, 3.05) is 7.05 Å². The lowest BCUT2D eigenvalue weighted by Gasteiger charge is -2.08. The molecule has 2 aromatic carbocycles. The highest BCUT2D eigenvalue weighted by Crippen LogP contribution is 2.11. The van der Waals surface area contributed by atoms with E-state index in [9.17, 15) is 13.2 Å². The largest absolute Gasteiger partial charge is 0.348 e. The molecule has 2 N–H and O–H groups in total. The van der Waals surface area contributed by atoms with E-state index in [1.807, 2.05) is 25.1 Å². The summed E-state index contributed by atoms with van der Waals surface area (Å²) in [5, 5.41) is 2.82. The monoisotopic (exact) mass is 318 g/mol. The third-order valence-corrected chi connectivity index (χ3v) is 4.78. The number of hydrogen-bond donors (Lipinski definition) is 2. The van der Waals surface area contributed by atoms with Gasteiger partial charge in [-0.3, -0.25) is 4.79 Å². The van der Waals surface area contributed by atoms with Gasteiger partial charge in [0.25, 0.3) is 5.91 Å². The summed E-state index contributed by atoms with van der Waals surface area (Å²) < 4.78 is 25.5. The maximum absolute atomic E-state index is 12.1. The van der Waals surface area contributed by atoms with Crippen LogP contribution in [-0.4, -0.2) is 21.4 Å². The van der Waals surface area contributed by atoms with Crippen LogP contribution in [0.4, 0.5) is 0 Å². The maximum atomic E-state index is 12.1. The van der Waals surface area contributed by atoms with E-state index < -0.39 is 10.0 Å². The number of sulfonamides is 1. The second-order valence-corrected chi connectivity index (χ2v) is 6.74. The van der Waals surface area contributed by atoms with E-state index >= 15 is 0 Å². The Kier molecular flexibility index (Phi) is 4.95. The van der Waals surface area contributed by atoms with Crippen LogP contribution in [0.15, 0.2) is 53.4 Å². The molecule has 0 unspecified atom stereocenters. The van der Waals surface area contributed by atoms with Crippen molar-refractivity contribution in [1.29, 1.82) is 0 Å². The number of nitrogens with one attached hydrogen (secondary N) is 2. The Bertz CT molecular complexity index is 768. The van der Waals surface area contributed by atoms with Gasteiger partial charge in [-0.1, -0.05) is 30.3 Å². The zero-order valence-electron chi connectivity index (χ0n) is 12.5. The van der Waals surface area contributed by atoms with Gasteiger partial charge in [0, 0.05) is 12.1 Å². The lowest BCUT2D eigenvalue weighted by atomic mass is 10.1. The first-order valence-electron chi connectivity index (χ1n) is 6.80. The van der Waals surface area contributed by atoms with Crippen molar-refractivity contribution >= 4 is 15.9 Å². The van der Waals surface area contributed by atoms with E-state index in [1.54, 1.807) is 18.2 Å². The van der Waals surface area contributed by atoms with Crippen LogP contribution in [0.5, 0.6) is 0 Å². The van der Waals surface area contributed by atoms with Crippen molar-refractivity contribution < 1.29 is 13.2 Å². The zero-order chi connectivity index (χ0) is 16.2. The van der Waals surface area contributed by atoms with Gasteiger partial charge >= 0.3 is 0 Å². The van der Waals surface area contributed by atoms with Crippen molar-refractivity contribution in [3.05, 3.63) is 65.2 Å². The van der Waals surface area contributed by atoms with Crippen LogP contribution < -0.4 is 10.0 Å². The number of benzene rings is 2. The Balaban J connectivity index is 2.04. The van der Waals surface area contributed by atoms with Crippen molar-refractivity contribution in [3.8, 4) is 0 Å². The minimum Gasteiger partial charge on any atom is -0.348 e. The Morgan fingerprint density at radius 2 is 1.68 bits per heavy atom. The molecule has 2 rings (SSSR count). The predicted molar refractivity (Wildman–Crippen MR) is 85.0 cm³/mol. The molecule has 0 bridgehead atoms. The molecule has 0 atom stereocenters. The van der Waals surface area contributed by atoms with Gasteiger partial charge in [-0.05, 0) is 43.3 Å². The summed E-state index contributed by atoms with van der Waals surface area (Å²) in [5.41, 5.74) is 2.38. The van der Waals surface area contributed by atoms with E-state index in [4.69, 9.17) is 0 Å². The molecule has 5 nitrogen and oxygen atoms in total. The number of rotatable bonds is 5. The zero-order valence-corrected chi connectivity index (χ0v) is 13.3. The second-order valence-electron chi connectivity index (χ2n) is 4.85. The van der Waals surface area contributed by atoms with E-state index in [0.717, 1.165) is 11.1 Å². The minimum absolute atomic E-state index is 0.148. The molecule has 22 heavy (non-hydrogen) atoms. The van der Waals surface area contributed by atoms with E-state index in [1.165, 1.54) is 19.2 Å². The molecule has 0 saturated carbocycles. The van der Waals surface area contributed by atoms with Crippen LogP contribution in [0, 0.1) is 6.92 Å². The second kappa shape index (κ2) is 6.72. The number of carbonyl (C=O) groups excluding carboxylic acids is 1. The number of amides is 1. The highest BCUT2D eigenvalue weighted by molar-refractivity contribution is 7.89. The molecule has 0 aliphatic rings. The molecule has 1 amide bonds. The SMILES string of the molecule is CNS(=O)(=O)c1ccc(CNC(=O)c2ccccc2C)cc1. The Morgan fingerprint density at radius 1 is 1.05 bits per heavy atom. The van der Waals surface area contributed by atoms with Gasteiger partial charge in [-0.2, -0.15) is 0 Å². The van der Waals surface area contributed by atoms with E-state index in [2.05, 4.69) is 10.0 Å². The fourth-order valence-corrected chi connectivity index (χ4v) is 2.74. The van der Waals surface area contributed by atoms with Crippen LogP contribution in [-0.2, 0) is 16.6 Å². The molecular formula is C16H18N2O3S. The van der Waals surface area contributed by atoms with Gasteiger partial charge in [0.1, 0.15) is 0 Å². The Hall–Kier alpha value is -2.18. The summed E-state index contributed by atoms with van der Waals surface area (Å²) in [6.07, 6.45) is 0. The van der Waals surface area contributed by atoms with Gasteiger partial charge in [0.05, 0.1) is 4.90 Å². The highest BCUT2D eigenvalue weighted by Gasteiger charge is 2.11. The van der Waals surface area contributed by atoms with Crippen LogP contribution in [0.2, 0.25) is 0 Å². The molecule has 2 aromatic rings. The van der Waals surface area contributed by atoms with Crippen molar-refractivity contribution in [2.45, 2.75) is 18.4 Å². The molecule has 0 aliphatic heterocycles. The fraction of sp³-hybridized carbons (Fsp3) is 0.188. The maximum Gasteiger partial charge on any atom is 0.251 e. The fourth-order valence-electron chi connectivity index (χ4n) is 2.01. The Labute approximate surface area is 130 Å². The average molecular weight is 318 g/mol. The molecule has 0 aromatic heterocycles. The first kappa shape index (κ1) is 16.2. The van der Waals surface area contributed by atoms with Gasteiger partial charge in [0.2, 0.25) is 10.0 Å². The van der Waals surface area contributed by atoms with Crippen molar-refractivity contribution in [2.24, 2.45) is 0 Å². The van der Waals surface area contributed by atoms with Crippen molar-refractivity contribution in [1.82, 2.24) is 10.0 Å². The first-order chi connectivity index (χ1) is 10.4. The molecule has 0 heterocycles. The van der Waals surface area contributed by atoms with E-state index in [-0.39, 0.29) is 10.8 Å². The molecule has 0 radical (unpaired) electrons. The van der Waals surface area contributed by atoms with Crippen molar-refractivity contribution in [3.63, 3.8) is 0 Å². The summed E-state index contributed by atoms with van der Waals surface area (Å²) in [6, 6.07) is 13.7. The number of hydrogen-bond acceptors (Lipinski definition) is 3. The summed E-state index contributed by atoms with van der Waals surface area (Å²) in [7, 11) is -2.07. The number of aryl methyl sites for hydroxylation is 1. The molecule has 0 fully saturated rings. The molecule has 116 valence electrons. The highest BCUT2D eigenvalue weighted by atomic mass is 32.2. The minimum atomic E-state index is -3.43.